The van der Waals surface area contributed by atoms with Crippen LogP contribution >= 0.6 is 0 Å². The number of aromatic nitrogens is 2. The third kappa shape index (κ3) is 3.67. The van der Waals surface area contributed by atoms with Crippen LogP contribution in [0.5, 0.6) is 0 Å². The normalized spacial score (nSPS) is 27.0. The number of carbonyl (C=O) groups is 1. The van der Waals surface area contributed by atoms with Gasteiger partial charge in [0.15, 0.2) is 0 Å². The maximum Gasteiger partial charge on any atom is 0.251 e. The van der Waals surface area contributed by atoms with Gasteiger partial charge in [-0.3, -0.25) is 4.79 Å². The number of carbonyl (C=O) groups excluding carboxylic acids is 1. The third-order valence-electron chi connectivity index (χ3n) is 4.56. The molecule has 0 bridgehead atoms. The van der Waals surface area contributed by atoms with Crippen molar-refractivity contribution in [1.82, 2.24) is 14.5 Å². The number of rotatable bonds is 5. The molecule has 3 heterocycles. The molecule has 1 aromatic rings. The number of hydrogen-bond acceptors (Lipinski definition) is 4. The van der Waals surface area contributed by atoms with Crippen LogP contribution in [0, 0.1) is 0 Å². The highest BCUT2D eigenvalue weighted by Crippen LogP contribution is 2.22. The van der Waals surface area contributed by atoms with Gasteiger partial charge in [-0.05, 0) is 32.6 Å². The topological polar surface area (TPSA) is 56.6 Å². The lowest BCUT2D eigenvalue weighted by molar-refractivity contribution is -0.146. The number of piperidine rings is 1. The van der Waals surface area contributed by atoms with Gasteiger partial charge in [0.05, 0.1) is 25.1 Å². The second-order valence-electron chi connectivity index (χ2n) is 6.20. The Morgan fingerprint density at radius 3 is 3.09 bits per heavy atom. The lowest BCUT2D eigenvalue weighted by atomic mass is 10.0. The summed E-state index contributed by atoms with van der Waals surface area (Å²) in [4.78, 5) is 18.6. The number of imidazole rings is 1. The Morgan fingerprint density at radius 1 is 1.45 bits per heavy atom. The maximum absolute atomic E-state index is 12.6. The summed E-state index contributed by atoms with van der Waals surface area (Å²) in [6.07, 6.45) is 9.59. The fourth-order valence-corrected chi connectivity index (χ4v) is 3.24. The van der Waals surface area contributed by atoms with Crippen LogP contribution < -0.4 is 0 Å². The molecule has 3 atom stereocenters. The van der Waals surface area contributed by atoms with Gasteiger partial charge in [0.1, 0.15) is 6.10 Å². The second-order valence-corrected chi connectivity index (χ2v) is 6.20. The number of likely N-dealkylation sites (tertiary alicyclic amines) is 1. The number of hydrogen-bond donors (Lipinski definition) is 0. The Labute approximate surface area is 131 Å². The van der Waals surface area contributed by atoms with E-state index in [4.69, 9.17) is 9.47 Å². The van der Waals surface area contributed by atoms with Crippen molar-refractivity contribution < 1.29 is 14.3 Å². The fraction of sp³-hybridized carbons (Fsp3) is 0.750. The minimum Gasteiger partial charge on any atom is -0.376 e. The Balaban J connectivity index is 1.50. The summed E-state index contributed by atoms with van der Waals surface area (Å²) in [6, 6.07) is 0.325. The minimum atomic E-state index is -0.397. The Morgan fingerprint density at radius 2 is 2.36 bits per heavy atom. The molecule has 0 spiro atoms. The third-order valence-corrected chi connectivity index (χ3v) is 4.56. The van der Waals surface area contributed by atoms with Gasteiger partial charge in [-0.25, -0.2) is 4.98 Å². The molecule has 1 amide bonds. The van der Waals surface area contributed by atoms with Gasteiger partial charge >= 0.3 is 0 Å². The van der Waals surface area contributed by atoms with Crippen LogP contribution in [-0.4, -0.2) is 58.9 Å². The van der Waals surface area contributed by atoms with Crippen LogP contribution in [0.15, 0.2) is 18.7 Å². The summed E-state index contributed by atoms with van der Waals surface area (Å²) in [6.45, 7) is 4.74. The molecule has 0 aliphatic carbocycles. The van der Waals surface area contributed by atoms with Gasteiger partial charge in [0.25, 0.3) is 5.91 Å². The van der Waals surface area contributed by atoms with Crippen molar-refractivity contribution in [3.8, 4) is 0 Å². The van der Waals surface area contributed by atoms with Crippen LogP contribution in [0.1, 0.15) is 38.6 Å². The summed E-state index contributed by atoms with van der Waals surface area (Å²) >= 11 is 0. The van der Waals surface area contributed by atoms with E-state index in [0.717, 1.165) is 45.4 Å². The zero-order chi connectivity index (χ0) is 15.4. The first-order valence-corrected chi connectivity index (χ1v) is 8.23. The van der Waals surface area contributed by atoms with E-state index in [0.29, 0.717) is 12.6 Å². The van der Waals surface area contributed by atoms with Crippen molar-refractivity contribution in [1.29, 1.82) is 0 Å². The number of ether oxygens (including phenoxy) is 2. The summed E-state index contributed by atoms with van der Waals surface area (Å²) in [5.41, 5.74) is 0. The number of amides is 1. The fourth-order valence-electron chi connectivity index (χ4n) is 3.24. The SMILES string of the molecule is CC(OCC1CCCO1)C(=O)N1CCCC(n2ccnc2)C1. The molecule has 2 saturated heterocycles. The zero-order valence-corrected chi connectivity index (χ0v) is 13.2. The van der Waals surface area contributed by atoms with E-state index in [1.54, 1.807) is 6.20 Å². The lowest BCUT2D eigenvalue weighted by Crippen LogP contribution is -2.45. The van der Waals surface area contributed by atoms with E-state index in [-0.39, 0.29) is 12.0 Å². The lowest BCUT2D eigenvalue weighted by Gasteiger charge is -2.34. The predicted octanol–water partition coefficient (Wildman–Crippen LogP) is 1.63. The summed E-state index contributed by atoms with van der Waals surface area (Å²) < 4.78 is 13.4. The van der Waals surface area contributed by atoms with Gasteiger partial charge in [-0.2, -0.15) is 0 Å². The van der Waals surface area contributed by atoms with Crippen molar-refractivity contribution >= 4 is 5.91 Å². The summed E-state index contributed by atoms with van der Waals surface area (Å²) in [7, 11) is 0. The Hall–Kier alpha value is -1.40. The van der Waals surface area contributed by atoms with Crippen molar-refractivity contribution in [3.05, 3.63) is 18.7 Å². The average Bonchev–Trinajstić information content (AvgIpc) is 3.25. The predicted molar refractivity (Wildman–Crippen MR) is 81.5 cm³/mol. The molecule has 0 saturated carbocycles. The van der Waals surface area contributed by atoms with Gasteiger partial charge in [0, 0.05) is 32.1 Å². The summed E-state index contributed by atoms with van der Waals surface area (Å²) in [5.74, 6) is 0.0859. The van der Waals surface area contributed by atoms with Gasteiger partial charge in [-0.15, -0.1) is 0 Å². The Bertz CT molecular complexity index is 471. The molecular formula is C16H25N3O3. The van der Waals surface area contributed by atoms with E-state index in [1.807, 2.05) is 24.3 Å². The van der Waals surface area contributed by atoms with E-state index in [1.165, 1.54) is 0 Å². The highest BCUT2D eigenvalue weighted by atomic mass is 16.5. The summed E-state index contributed by atoms with van der Waals surface area (Å²) in [5, 5.41) is 0. The van der Waals surface area contributed by atoms with Crippen molar-refractivity contribution in [2.75, 3.05) is 26.3 Å². The molecule has 1 aromatic heterocycles. The van der Waals surface area contributed by atoms with Crippen molar-refractivity contribution in [2.24, 2.45) is 0 Å². The standard InChI is InChI=1S/C16H25N3O3/c1-13(22-11-15-5-3-9-21-15)16(20)18-7-2-4-14(10-18)19-8-6-17-12-19/h6,8,12-15H,2-5,7,9-11H2,1H3. The highest BCUT2D eigenvalue weighted by molar-refractivity contribution is 5.80. The molecule has 3 rings (SSSR count). The molecular weight excluding hydrogens is 282 g/mol. The maximum atomic E-state index is 12.6. The number of nitrogens with zero attached hydrogens (tertiary/aromatic N) is 3. The molecule has 22 heavy (non-hydrogen) atoms. The molecule has 122 valence electrons. The molecule has 0 aromatic carbocycles. The average molecular weight is 307 g/mol. The quantitative estimate of drug-likeness (QED) is 0.829. The first-order chi connectivity index (χ1) is 10.7. The monoisotopic (exact) mass is 307 g/mol. The smallest absolute Gasteiger partial charge is 0.251 e. The molecule has 0 radical (unpaired) electrons. The van der Waals surface area contributed by atoms with E-state index in [9.17, 15) is 4.79 Å². The highest BCUT2D eigenvalue weighted by Gasteiger charge is 2.28. The molecule has 2 fully saturated rings. The van der Waals surface area contributed by atoms with Crippen LogP contribution in [0.2, 0.25) is 0 Å². The van der Waals surface area contributed by atoms with E-state index >= 15 is 0 Å². The van der Waals surface area contributed by atoms with Crippen molar-refractivity contribution in [2.45, 2.75) is 50.9 Å². The van der Waals surface area contributed by atoms with Gasteiger partial charge in [0.2, 0.25) is 0 Å². The van der Waals surface area contributed by atoms with E-state index < -0.39 is 6.10 Å². The molecule has 2 aliphatic heterocycles. The molecule has 2 aliphatic rings. The molecule has 6 nitrogen and oxygen atoms in total. The van der Waals surface area contributed by atoms with Crippen LogP contribution in [0.3, 0.4) is 0 Å². The molecule has 6 heteroatoms. The molecule has 0 N–H and O–H groups in total. The van der Waals surface area contributed by atoms with Crippen LogP contribution in [0.25, 0.3) is 0 Å². The van der Waals surface area contributed by atoms with Crippen molar-refractivity contribution in [3.63, 3.8) is 0 Å². The first kappa shape index (κ1) is 15.5. The van der Waals surface area contributed by atoms with Crippen LogP contribution in [-0.2, 0) is 14.3 Å². The minimum absolute atomic E-state index is 0.0859. The van der Waals surface area contributed by atoms with E-state index in [2.05, 4.69) is 9.55 Å². The van der Waals surface area contributed by atoms with Crippen LogP contribution in [0.4, 0.5) is 0 Å². The first-order valence-electron chi connectivity index (χ1n) is 8.23. The Kier molecular flexibility index (Phi) is 5.10. The van der Waals surface area contributed by atoms with Gasteiger partial charge < -0.3 is 18.9 Å². The second kappa shape index (κ2) is 7.24. The van der Waals surface area contributed by atoms with Gasteiger partial charge in [-0.1, -0.05) is 0 Å². The largest absolute Gasteiger partial charge is 0.376 e. The zero-order valence-electron chi connectivity index (χ0n) is 13.2. The molecule has 3 unspecified atom stereocenters.